The van der Waals surface area contributed by atoms with E-state index in [1.807, 2.05) is 171 Å². The zero-order chi connectivity index (χ0) is 56.9. The number of rotatable bonds is 0. The van der Waals surface area contributed by atoms with Crippen molar-refractivity contribution in [2.75, 3.05) is 0 Å². The Morgan fingerprint density at radius 1 is 0.250 bits per heavy atom. The van der Waals surface area contributed by atoms with Crippen LogP contribution in [0, 0.1) is 55.4 Å². The fourth-order valence-electron chi connectivity index (χ4n) is 2.76. The molecule has 0 spiro atoms. The lowest BCUT2D eigenvalue weighted by Crippen LogP contribution is -1.85. The molecule has 0 fully saturated rings. The van der Waals surface area contributed by atoms with E-state index in [1.54, 1.807) is 93.5 Å². The van der Waals surface area contributed by atoms with Gasteiger partial charge in [0, 0.05) is 67.7 Å². The summed E-state index contributed by atoms with van der Waals surface area (Å²) in [5.74, 6) is 2.29. The van der Waals surface area contributed by atoms with Gasteiger partial charge in [-0.25, -0.2) is 54.8 Å². The van der Waals surface area contributed by atoms with Crippen molar-refractivity contribution < 1.29 is 0 Å². The molecule has 19 heteroatoms. The van der Waals surface area contributed by atoms with Crippen molar-refractivity contribution in [1.29, 1.82) is 0 Å². The molecular weight excluding hydrogens is 903 g/mol. The van der Waals surface area contributed by atoms with E-state index in [4.69, 9.17) is 0 Å². The highest BCUT2D eigenvalue weighted by Crippen LogP contribution is 1.86. The van der Waals surface area contributed by atoms with Crippen molar-refractivity contribution in [3.05, 3.63) is 176 Å². The first kappa shape index (κ1) is 81.4. The lowest BCUT2D eigenvalue weighted by Gasteiger charge is -1.81. The molecule has 19 nitrogen and oxygen atoms in total. The molecule has 72 heavy (non-hydrogen) atoms. The van der Waals surface area contributed by atoms with Crippen LogP contribution in [-0.4, -0.2) is 95.4 Å². The minimum atomic E-state index is 0.711. The Hall–Kier alpha value is -7.57. The molecule has 0 aliphatic carbocycles. The van der Waals surface area contributed by atoms with Crippen molar-refractivity contribution >= 4 is 0 Å². The summed E-state index contributed by atoms with van der Waals surface area (Å²) >= 11 is 0. The van der Waals surface area contributed by atoms with Gasteiger partial charge in [-0.1, -0.05) is 111 Å². The Labute approximate surface area is 436 Å². The molecule has 0 radical (unpaired) electrons. The fourth-order valence-corrected chi connectivity index (χ4v) is 2.76. The van der Waals surface area contributed by atoms with Gasteiger partial charge < -0.3 is 0 Å². The number of hydrogen-bond donors (Lipinski definition) is 0. The molecule has 0 unspecified atom stereocenters. The summed E-state index contributed by atoms with van der Waals surface area (Å²) in [6, 6.07) is 5.57. The average molecular weight is 996 g/mol. The highest BCUT2D eigenvalue weighted by molar-refractivity contribution is 5.00. The van der Waals surface area contributed by atoms with Crippen LogP contribution in [0.4, 0.5) is 0 Å². The average Bonchev–Trinajstić information content (AvgIpc) is 3.46. The van der Waals surface area contributed by atoms with Crippen molar-refractivity contribution in [1.82, 2.24) is 95.4 Å². The molecule has 0 aromatic carbocycles. The van der Waals surface area contributed by atoms with E-state index >= 15 is 0 Å². The molecule has 0 N–H and O–H groups in total. The molecule has 8 aromatic heterocycles. The van der Waals surface area contributed by atoms with Crippen LogP contribution in [0.3, 0.4) is 0 Å². The molecule has 0 saturated carbocycles. The second-order valence-electron chi connectivity index (χ2n) is 10.5. The van der Waals surface area contributed by atoms with Crippen molar-refractivity contribution in [2.24, 2.45) is 0 Å². The second kappa shape index (κ2) is 77.6. The molecule has 0 saturated heterocycles. The molecule has 8 aromatic rings. The first-order valence-electron chi connectivity index (χ1n) is 24.6. The standard InChI is InChI=1S/5C5H6N2.3C4H5N3.8C2H6/c1-5-2-6-4-7-3-5;1-5-4-6-2-3-7-5;1-5-2-3-6-4-7-5;1-5-2-3-6-7-4-5;1-5-6-3-2-4-7-5;1-4-6-2-5-3-7-4;1-4-2-5-3-6-7-4;1-4-5-2-3-6-7-4;8*1-2/h5*2-4H,1H3;3*2-3H,1H3;8*1-2H3. The quantitative estimate of drug-likeness (QED) is 0.137. The van der Waals surface area contributed by atoms with Gasteiger partial charge in [0.15, 0.2) is 0 Å². The molecule has 400 valence electrons. The van der Waals surface area contributed by atoms with Gasteiger partial charge in [0.25, 0.3) is 0 Å². The summed E-state index contributed by atoms with van der Waals surface area (Å²) in [6.07, 6.45) is 29.4. The van der Waals surface area contributed by atoms with E-state index in [-0.39, 0.29) is 0 Å². The van der Waals surface area contributed by atoms with Crippen LogP contribution in [0.1, 0.15) is 156 Å². The highest BCUT2D eigenvalue weighted by Gasteiger charge is 1.79. The molecule has 8 rings (SSSR count). The van der Waals surface area contributed by atoms with Crippen molar-refractivity contribution in [3.63, 3.8) is 0 Å². The maximum absolute atomic E-state index is 3.92. The Bertz CT molecular complexity index is 1550. The lowest BCUT2D eigenvalue weighted by molar-refractivity contribution is 0.907. The van der Waals surface area contributed by atoms with Crippen LogP contribution in [0.15, 0.2) is 130 Å². The summed E-state index contributed by atoms with van der Waals surface area (Å²) < 4.78 is 0. The third-order valence-electron chi connectivity index (χ3n) is 5.35. The normalized spacial score (nSPS) is 7.44. The molecule has 8 heterocycles. The predicted octanol–water partition coefficient (Wildman–Crippen LogP) is 12.7. The first-order chi connectivity index (χ1) is 35.2. The summed E-state index contributed by atoms with van der Waals surface area (Å²) in [6.45, 7) is 47.1. The van der Waals surface area contributed by atoms with Gasteiger partial charge in [-0.05, 0) is 84.7 Å². The fraction of sp³-hybridized carbons (Fsp3) is 0.453. The molecular formula is C53H93N19. The largest absolute Gasteiger partial charge is 0.261 e. The van der Waals surface area contributed by atoms with E-state index in [0.29, 0.717) is 5.82 Å². The van der Waals surface area contributed by atoms with Crippen LogP contribution in [0.25, 0.3) is 0 Å². The number of aromatic nitrogens is 19. The Morgan fingerprint density at radius 3 is 0.972 bits per heavy atom. The summed E-state index contributed by atoms with van der Waals surface area (Å²) in [7, 11) is 0. The Morgan fingerprint density at radius 2 is 0.750 bits per heavy atom. The van der Waals surface area contributed by atoms with Crippen LogP contribution in [0.5, 0.6) is 0 Å². The summed E-state index contributed by atoms with van der Waals surface area (Å²) in [5, 5.41) is 21.6. The monoisotopic (exact) mass is 996 g/mol. The topological polar surface area (TPSA) is 245 Å². The van der Waals surface area contributed by atoms with Crippen LogP contribution in [0.2, 0.25) is 0 Å². The molecule has 0 atom stereocenters. The van der Waals surface area contributed by atoms with Gasteiger partial charge in [-0.2, -0.15) is 20.4 Å². The minimum absolute atomic E-state index is 0.711. The van der Waals surface area contributed by atoms with Gasteiger partial charge in [-0.3, -0.25) is 9.97 Å². The summed E-state index contributed by atoms with van der Waals surface area (Å²) in [4.78, 5) is 49.3. The smallest absolute Gasteiger partial charge is 0.147 e. The second-order valence-corrected chi connectivity index (χ2v) is 10.5. The predicted molar refractivity (Wildman–Crippen MR) is 298 cm³/mol. The lowest BCUT2D eigenvalue weighted by atomic mass is 10.4. The van der Waals surface area contributed by atoms with Gasteiger partial charge in [-0.15, -0.1) is 10.2 Å². The van der Waals surface area contributed by atoms with E-state index in [0.717, 1.165) is 39.9 Å². The highest BCUT2D eigenvalue weighted by atomic mass is 15.1. The van der Waals surface area contributed by atoms with Crippen molar-refractivity contribution in [2.45, 2.75) is 166 Å². The first-order valence-corrected chi connectivity index (χ1v) is 24.6. The van der Waals surface area contributed by atoms with Crippen LogP contribution >= 0.6 is 0 Å². The maximum Gasteiger partial charge on any atom is 0.147 e. The summed E-state index contributed by atoms with van der Waals surface area (Å²) in [5.41, 5.74) is 5.07. The zero-order valence-electron chi connectivity index (χ0n) is 48.6. The third-order valence-corrected chi connectivity index (χ3v) is 5.35. The maximum atomic E-state index is 3.92. The number of aryl methyl sites for hydroxylation is 8. The van der Waals surface area contributed by atoms with E-state index < -0.39 is 0 Å². The van der Waals surface area contributed by atoms with Gasteiger partial charge in [0.1, 0.15) is 49.1 Å². The molecule has 0 bridgehead atoms. The van der Waals surface area contributed by atoms with Crippen molar-refractivity contribution in [3.8, 4) is 0 Å². The van der Waals surface area contributed by atoms with E-state index in [9.17, 15) is 0 Å². The third kappa shape index (κ3) is 74.0. The van der Waals surface area contributed by atoms with Gasteiger partial charge in [0.2, 0.25) is 0 Å². The Balaban J connectivity index is -0.000000104. The Kier molecular flexibility index (Phi) is 87.8. The molecule has 0 aliphatic rings. The van der Waals surface area contributed by atoms with Crippen LogP contribution in [-0.2, 0) is 0 Å². The minimum Gasteiger partial charge on any atom is -0.261 e. The number of hydrogen-bond acceptors (Lipinski definition) is 19. The van der Waals surface area contributed by atoms with Gasteiger partial charge >= 0.3 is 0 Å². The molecule has 0 aliphatic heterocycles. The van der Waals surface area contributed by atoms with Gasteiger partial charge in [0.05, 0.1) is 30.0 Å². The number of nitrogens with zero attached hydrogens (tertiary/aromatic N) is 19. The molecule has 0 amide bonds. The van der Waals surface area contributed by atoms with E-state index in [2.05, 4.69) is 95.4 Å². The zero-order valence-corrected chi connectivity index (χ0v) is 48.6. The SMILES string of the molecule is CC.CC.CC.CC.CC.CC.CC.CC.Cc1ccncn1.Cc1ccnnc1.Cc1cnccn1.Cc1cncnc1.Cc1cncnn1.Cc1ncccn1.Cc1nccnn1.Cc1ncncn1. The van der Waals surface area contributed by atoms with E-state index in [1.165, 1.54) is 31.6 Å². The van der Waals surface area contributed by atoms with Crippen LogP contribution < -0.4 is 0 Å².